The van der Waals surface area contributed by atoms with E-state index < -0.39 is 13.7 Å². The molecule has 3 heteroatoms. The fourth-order valence-corrected chi connectivity index (χ4v) is 5.23. The Hall–Kier alpha value is -0.803. The molecule has 0 bridgehead atoms. The number of benzene rings is 1. The number of hydrogen-bond acceptors (Lipinski definition) is 2. The van der Waals surface area contributed by atoms with Gasteiger partial charge in [0, 0.05) is 19.6 Å². The second-order valence-electron chi connectivity index (χ2n) is 8.31. The second kappa shape index (κ2) is 6.01. The lowest BCUT2D eigenvalue weighted by molar-refractivity contribution is -0.0361. The largest absolute Gasteiger partial charge is 0.493 e. The Morgan fingerprint density at radius 2 is 1.95 bits per heavy atom. The van der Waals surface area contributed by atoms with E-state index in [2.05, 4.69) is 31.8 Å². The zero-order valence-corrected chi connectivity index (χ0v) is 15.3. The van der Waals surface area contributed by atoms with E-state index in [0.717, 1.165) is 43.6 Å². The molecule has 1 aliphatic heterocycles. The summed E-state index contributed by atoms with van der Waals surface area (Å²) in [6, 6.07) is 7.63. The molecule has 1 aromatic rings. The van der Waals surface area contributed by atoms with Gasteiger partial charge in [0.05, 0.1) is 6.61 Å². The van der Waals surface area contributed by atoms with E-state index in [1.54, 1.807) is 0 Å². The molecule has 2 aliphatic rings. The Kier molecular flexibility index (Phi) is 4.39. The van der Waals surface area contributed by atoms with E-state index in [1.165, 1.54) is 24.4 Å². The second-order valence-corrected chi connectivity index (χ2v) is 13.9. The fourth-order valence-electron chi connectivity index (χ4n) is 4.08. The van der Waals surface area contributed by atoms with Gasteiger partial charge in [0.25, 0.3) is 0 Å². The van der Waals surface area contributed by atoms with Crippen LogP contribution in [-0.2, 0) is 5.60 Å². The van der Waals surface area contributed by atoms with Crippen molar-refractivity contribution in [3.63, 3.8) is 0 Å². The van der Waals surface area contributed by atoms with Crippen molar-refractivity contribution < 1.29 is 9.84 Å². The van der Waals surface area contributed by atoms with Crippen molar-refractivity contribution in [3.8, 4) is 5.75 Å². The van der Waals surface area contributed by atoms with Crippen LogP contribution in [-0.4, -0.2) is 19.8 Å². The summed E-state index contributed by atoms with van der Waals surface area (Å²) < 4.78 is 5.98. The van der Waals surface area contributed by atoms with Crippen molar-refractivity contribution in [1.82, 2.24) is 0 Å². The van der Waals surface area contributed by atoms with Crippen LogP contribution < -0.4 is 4.74 Å². The molecule has 3 rings (SSSR count). The molecule has 122 valence electrons. The summed E-state index contributed by atoms with van der Waals surface area (Å²) in [5.41, 5.74) is 1.82. The summed E-state index contributed by atoms with van der Waals surface area (Å²) >= 11 is 0. The maximum atomic E-state index is 11.4. The molecule has 1 N–H and O–H groups in total. The molecule has 0 radical (unpaired) electrons. The lowest BCUT2D eigenvalue weighted by Crippen LogP contribution is -2.45. The third-order valence-corrected chi connectivity index (χ3v) is 7.12. The molecule has 0 unspecified atom stereocenters. The average Bonchev–Trinajstić information content (AvgIpc) is 2.44. The standard InChI is InChI=1S/C19H30O2Si/c1-22(2,3)14-11-16-15-9-8-10-17-18(15)19(16,20)12-6-4-5-7-13-21-17/h8-10,16,20H,4-7,11-14H2,1-3H3/t16-,19+/m0/s1. The molecular weight excluding hydrogens is 288 g/mol. The van der Waals surface area contributed by atoms with Crippen molar-refractivity contribution >= 4 is 8.07 Å². The Balaban J connectivity index is 1.90. The number of ether oxygens (including phenoxy) is 1. The van der Waals surface area contributed by atoms with Crippen molar-refractivity contribution in [2.75, 3.05) is 6.61 Å². The van der Waals surface area contributed by atoms with Crippen LogP contribution in [0.15, 0.2) is 18.2 Å². The molecule has 0 saturated carbocycles. The minimum atomic E-state index is -1.08. The fraction of sp³-hybridized carbons (Fsp3) is 0.684. The van der Waals surface area contributed by atoms with Gasteiger partial charge in [-0.25, -0.2) is 0 Å². The average molecular weight is 319 g/mol. The molecule has 2 nitrogen and oxygen atoms in total. The first-order chi connectivity index (χ1) is 10.4. The van der Waals surface area contributed by atoms with Crippen LogP contribution in [0.1, 0.15) is 55.6 Å². The summed E-state index contributed by atoms with van der Waals surface area (Å²) in [5, 5.41) is 11.4. The molecule has 1 aliphatic carbocycles. The molecule has 0 aromatic heterocycles. The van der Waals surface area contributed by atoms with E-state index in [-0.39, 0.29) is 0 Å². The van der Waals surface area contributed by atoms with Crippen LogP contribution >= 0.6 is 0 Å². The van der Waals surface area contributed by atoms with Gasteiger partial charge in [-0.2, -0.15) is 0 Å². The van der Waals surface area contributed by atoms with E-state index >= 15 is 0 Å². The highest BCUT2D eigenvalue weighted by atomic mass is 28.3. The van der Waals surface area contributed by atoms with Gasteiger partial charge in [0.2, 0.25) is 0 Å². The van der Waals surface area contributed by atoms with Gasteiger partial charge in [-0.05, 0) is 30.9 Å². The zero-order valence-electron chi connectivity index (χ0n) is 14.3. The SMILES string of the molecule is C[Si](C)(C)CC[C@H]1c2cccc3c2[C@@]1(O)CCCCCCO3. The van der Waals surface area contributed by atoms with Gasteiger partial charge in [0.1, 0.15) is 11.4 Å². The van der Waals surface area contributed by atoms with Gasteiger partial charge in [-0.3, -0.25) is 0 Å². The van der Waals surface area contributed by atoms with Crippen molar-refractivity contribution in [2.45, 2.75) is 75.7 Å². The summed E-state index contributed by atoms with van der Waals surface area (Å²) in [5.74, 6) is 1.25. The Labute approximate surface area is 135 Å². The molecule has 1 heterocycles. The monoisotopic (exact) mass is 318 g/mol. The van der Waals surface area contributed by atoms with Gasteiger partial charge in [0.15, 0.2) is 0 Å². The minimum Gasteiger partial charge on any atom is -0.493 e. The predicted molar refractivity (Wildman–Crippen MR) is 94.4 cm³/mol. The predicted octanol–water partition coefficient (Wildman–Crippen LogP) is 5.04. The van der Waals surface area contributed by atoms with Crippen LogP contribution in [0.3, 0.4) is 0 Å². The number of hydrogen-bond donors (Lipinski definition) is 1. The quantitative estimate of drug-likeness (QED) is 0.791. The highest BCUT2D eigenvalue weighted by Crippen LogP contribution is 2.58. The highest BCUT2D eigenvalue weighted by molar-refractivity contribution is 6.76. The van der Waals surface area contributed by atoms with Crippen LogP contribution in [0.5, 0.6) is 5.75 Å². The van der Waals surface area contributed by atoms with Crippen LogP contribution in [0.25, 0.3) is 0 Å². The zero-order chi connectivity index (χ0) is 15.8. The summed E-state index contributed by atoms with van der Waals surface area (Å²) in [6.45, 7) is 8.04. The van der Waals surface area contributed by atoms with E-state index in [4.69, 9.17) is 4.74 Å². The van der Waals surface area contributed by atoms with E-state index in [0.29, 0.717) is 5.92 Å². The van der Waals surface area contributed by atoms with Crippen LogP contribution in [0, 0.1) is 0 Å². The Morgan fingerprint density at radius 3 is 2.73 bits per heavy atom. The first kappa shape index (κ1) is 16.1. The molecule has 0 amide bonds. The number of aliphatic hydroxyl groups is 1. The van der Waals surface area contributed by atoms with E-state index in [1.807, 2.05) is 6.07 Å². The third-order valence-electron chi connectivity index (χ3n) is 5.34. The summed E-state index contributed by atoms with van der Waals surface area (Å²) in [7, 11) is -1.08. The van der Waals surface area contributed by atoms with Crippen molar-refractivity contribution in [2.24, 2.45) is 0 Å². The van der Waals surface area contributed by atoms with E-state index in [9.17, 15) is 5.11 Å². The smallest absolute Gasteiger partial charge is 0.125 e. The molecule has 0 spiro atoms. The Morgan fingerprint density at radius 1 is 1.18 bits per heavy atom. The summed E-state index contributed by atoms with van der Waals surface area (Å²) in [4.78, 5) is 0. The first-order valence-corrected chi connectivity index (χ1v) is 12.6. The highest BCUT2D eigenvalue weighted by Gasteiger charge is 2.51. The lowest BCUT2D eigenvalue weighted by atomic mass is 9.60. The maximum Gasteiger partial charge on any atom is 0.125 e. The molecule has 2 atom stereocenters. The van der Waals surface area contributed by atoms with Gasteiger partial charge in [-0.1, -0.05) is 57.1 Å². The normalized spacial score (nSPS) is 28.3. The molecular formula is C19H30O2Si. The Bertz CT molecular complexity index is 535. The lowest BCUT2D eigenvalue weighted by Gasteiger charge is -2.49. The van der Waals surface area contributed by atoms with Crippen LogP contribution in [0.2, 0.25) is 25.7 Å². The summed E-state index contributed by atoms with van der Waals surface area (Å²) in [6.07, 6.45) is 6.71. The first-order valence-electron chi connectivity index (χ1n) is 8.90. The number of rotatable bonds is 3. The maximum absolute atomic E-state index is 11.4. The topological polar surface area (TPSA) is 29.5 Å². The van der Waals surface area contributed by atoms with Gasteiger partial charge in [-0.15, -0.1) is 0 Å². The minimum absolute atomic E-state index is 0.317. The van der Waals surface area contributed by atoms with Gasteiger partial charge >= 0.3 is 0 Å². The third kappa shape index (κ3) is 2.98. The van der Waals surface area contributed by atoms with Crippen LogP contribution in [0.4, 0.5) is 0 Å². The van der Waals surface area contributed by atoms with Crippen molar-refractivity contribution in [1.29, 1.82) is 0 Å². The molecule has 0 saturated heterocycles. The molecule has 1 aromatic carbocycles. The van der Waals surface area contributed by atoms with Crippen molar-refractivity contribution in [3.05, 3.63) is 29.3 Å². The molecule has 0 fully saturated rings. The molecule has 22 heavy (non-hydrogen) atoms. The van der Waals surface area contributed by atoms with Gasteiger partial charge < -0.3 is 9.84 Å².